The number of carbonyl (C=O) groups excluding carboxylic acids is 1. The maximum absolute atomic E-state index is 12.0. The highest BCUT2D eigenvalue weighted by molar-refractivity contribution is 5.91. The summed E-state index contributed by atoms with van der Waals surface area (Å²) < 4.78 is 1.36. The third kappa shape index (κ3) is 3.12. The molecule has 20 heavy (non-hydrogen) atoms. The molecule has 0 fully saturated rings. The Morgan fingerprint density at radius 3 is 2.60 bits per heavy atom. The van der Waals surface area contributed by atoms with Crippen molar-refractivity contribution in [1.82, 2.24) is 9.55 Å². The van der Waals surface area contributed by atoms with E-state index in [4.69, 9.17) is 0 Å². The summed E-state index contributed by atoms with van der Waals surface area (Å²) in [6.07, 6.45) is 0. The van der Waals surface area contributed by atoms with Crippen LogP contribution in [0, 0.1) is 20.8 Å². The molecule has 0 radical (unpaired) electrons. The van der Waals surface area contributed by atoms with Gasteiger partial charge >= 0.3 is 5.69 Å². The summed E-state index contributed by atoms with van der Waals surface area (Å²) in [5.41, 5.74) is 2.71. The Kier molecular flexibility index (Phi) is 3.98. The van der Waals surface area contributed by atoms with Crippen molar-refractivity contribution in [2.45, 2.75) is 27.3 Å². The first-order valence-corrected chi connectivity index (χ1v) is 6.38. The number of benzene rings is 1. The van der Waals surface area contributed by atoms with Crippen LogP contribution >= 0.6 is 0 Å². The predicted molar refractivity (Wildman–Crippen MR) is 77.8 cm³/mol. The monoisotopic (exact) mass is 271 g/mol. The molecule has 0 atom stereocenters. The number of aromatic nitrogens is 2. The Labute approximate surface area is 117 Å². The van der Waals surface area contributed by atoms with Gasteiger partial charge in [-0.05, 0) is 38.5 Å². The quantitative estimate of drug-likeness (QED) is 0.926. The van der Waals surface area contributed by atoms with Crippen molar-refractivity contribution in [3.05, 3.63) is 57.8 Å². The van der Waals surface area contributed by atoms with Crippen molar-refractivity contribution in [3.63, 3.8) is 0 Å². The third-order valence-electron chi connectivity index (χ3n) is 3.07. The minimum absolute atomic E-state index is 0.0354. The van der Waals surface area contributed by atoms with Crippen molar-refractivity contribution < 1.29 is 4.79 Å². The van der Waals surface area contributed by atoms with Gasteiger partial charge in [0, 0.05) is 17.1 Å². The Morgan fingerprint density at radius 1 is 1.25 bits per heavy atom. The minimum atomic E-state index is -0.401. The lowest BCUT2D eigenvalue weighted by molar-refractivity contribution is -0.116. The molecular weight excluding hydrogens is 254 g/mol. The fourth-order valence-corrected chi connectivity index (χ4v) is 2.01. The van der Waals surface area contributed by atoms with Crippen molar-refractivity contribution in [1.29, 1.82) is 0 Å². The molecule has 1 N–H and O–H groups in total. The van der Waals surface area contributed by atoms with E-state index in [0.29, 0.717) is 5.69 Å². The molecule has 1 aromatic heterocycles. The zero-order valence-corrected chi connectivity index (χ0v) is 11.8. The van der Waals surface area contributed by atoms with Crippen LogP contribution in [0.3, 0.4) is 0 Å². The second kappa shape index (κ2) is 5.69. The first-order valence-electron chi connectivity index (χ1n) is 6.38. The van der Waals surface area contributed by atoms with Crippen LogP contribution < -0.4 is 11.0 Å². The van der Waals surface area contributed by atoms with Crippen molar-refractivity contribution in [2.75, 3.05) is 5.32 Å². The Balaban J connectivity index is 2.17. The minimum Gasteiger partial charge on any atom is -0.324 e. The molecule has 1 heterocycles. The molecule has 0 saturated carbocycles. The van der Waals surface area contributed by atoms with Crippen LogP contribution in [0.15, 0.2) is 35.1 Å². The van der Waals surface area contributed by atoms with E-state index >= 15 is 0 Å². The van der Waals surface area contributed by atoms with Gasteiger partial charge in [-0.2, -0.15) is 4.98 Å². The Bertz CT molecular complexity index is 705. The molecule has 5 heteroatoms. The molecule has 0 spiro atoms. The number of hydrogen-bond donors (Lipinski definition) is 1. The van der Waals surface area contributed by atoms with Crippen LogP contribution in [0.1, 0.15) is 17.0 Å². The number of aryl methyl sites for hydroxylation is 3. The molecular formula is C15H17N3O2. The number of para-hydroxylation sites is 1. The average Bonchev–Trinajstić information content (AvgIpc) is 2.36. The largest absolute Gasteiger partial charge is 0.348 e. The summed E-state index contributed by atoms with van der Waals surface area (Å²) >= 11 is 0. The first-order chi connectivity index (χ1) is 9.47. The highest BCUT2D eigenvalue weighted by Gasteiger charge is 2.09. The van der Waals surface area contributed by atoms with Gasteiger partial charge in [0.05, 0.1) is 0 Å². The number of amides is 1. The number of nitrogens with one attached hydrogen (secondary N) is 1. The number of anilines is 1. The number of carbonyl (C=O) groups is 1. The second-order valence-corrected chi connectivity index (χ2v) is 4.77. The Morgan fingerprint density at radius 2 is 1.95 bits per heavy atom. The maximum atomic E-state index is 12.0. The summed E-state index contributed by atoms with van der Waals surface area (Å²) in [4.78, 5) is 27.7. The fraction of sp³-hybridized carbons (Fsp3) is 0.267. The smallest absolute Gasteiger partial charge is 0.324 e. The molecule has 1 amide bonds. The Hall–Kier alpha value is -2.43. The van der Waals surface area contributed by atoms with Gasteiger partial charge in [-0.1, -0.05) is 18.2 Å². The molecule has 2 aromatic rings. The topological polar surface area (TPSA) is 64.0 Å². The molecule has 5 nitrogen and oxygen atoms in total. The summed E-state index contributed by atoms with van der Waals surface area (Å²) in [7, 11) is 0. The number of rotatable bonds is 3. The van der Waals surface area contributed by atoms with Crippen LogP contribution in [-0.4, -0.2) is 15.5 Å². The number of hydrogen-bond acceptors (Lipinski definition) is 3. The molecule has 2 rings (SSSR count). The second-order valence-electron chi connectivity index (χ2n) is 4.77. The van der Waals surface area contributed by atoms with Crippen LogP contribution in [0.25, 0.3) is 0 Å². The first kappa shape index (κ1) is 14.0. The summed E-state index contributed by atoms with van der Waals surface area (Å²) in [6, 6.07) is 9.29. The van der Waals surface area contributed by atoms with E-state index in [0.717, 1.165) is 16.9 Å². The van der Waals surface area contributed by atoms with Gasteiger partial charge in [0.25, 0.3) is 0 Å². The molecule has 0 aliphatic heterocycles. The van der Waals surface area contributed by atoms with Crippen LogP contribution in [-0.2, 0) is 11.3 Å². The van der Waals surface area contributed by atoms with E-state index in [1.54, 1.807) is 19.9 Å². The molecule has 0 saturated heterocycles. The molecule has 0 unspecified atom stereocenters. The van der Waals surface area contributed by atoms with E-state index in [9.17, 15) is 9.59 Å². The third-order valence-corrected chi connectivity index (χ3v) is 3.07. The molecule has 0 aliphatic carbocycles. The summed E-state index contributed by atoms with van der Waals surface area (Å²) in [5, 5.41) is 2.80. The molecule has 1 aromatic carbocycles. The van der Waals surface area contributed by atoms with Gasteiger partial charge in [-0.15, -0.1) is 0 Å². The lowest BCUT2D eigenvalue weighted by Crippen LogP contribution is -2.31. The van der Waals surface area contributed by atoms with E-state index in [-0.39, 0.29) is 12.5 Å². The number of nitrogens with zero attached hydrogens (tertiary/aromatic N) is 2. The van der Waals surface area contributed by atoms with Crippen molar-refractivity contribution >= 4 is 11.6 Å². The lowest BCUT2D eigenvalue weighted by Gasteiger charge is -2.11. The SMILES string of the molecule is Cc1cc(C)n(CC(=O)Nc2ccccc2C)c(=O)n1. The van der Waals surface area contributed by atoms with Crippen molar-refractivity contribution in [3.8, 4) is 0 Å². The van der Waals surface area contributed by atoms with Gasteiger partial charge in [0.1, 0.15) is 6.54 Å². The van der Waals surface area contributed by atoms with Gasteiger partial charge < -0.3 is 5.32 Å². The van der Waals surface area contributed by atoms with Crippen LogP contribution in [0.2, 0.25) is 0 Å². The molecule has 0 bridgehead atoms. The van der Waals surface area contributed by atoms with Gasteiger partial charge in [0.15, 0.2) is 0 Å². The normalized spacial score (nSPS) is 10.3. The van der Waals surface area contributed by atoms with Crippen LogP contribution in [0.5, 0.6) is 0 Å². The summed E-state index contributed by atoms with van der Waals surface area (Å²) in [5.74, 6) is -0.241. The molecule has 0 aliphatic rings. The van der Waals surface area contributed by atoms with Crippen LogP contribution in [0.4, 0.5) is 5.69 Å². The molecule has 104 valence electrons. The van der Waals surface area contributed by atoms with Gasteiger partial charge in [0.2, 0.25) is 5.91 Å². The van der Waals surface area contributed by atoms with E-state index in [1.807, 2.05) is 31.2 Å². The summed E-state index contributed by atoms with van der Waals surface area (Å²) in [6.45, 7) is 5.43. The predicted octanol–water partition coefficient (Wildman–Crippen LogP) is 1.81. The highest BCUT2D eigenvalue weighted by Crippen LogP contribution is 2.13. The van der Waals surface area contributed by atoms with Gasteiger partial charge in [-0.3, -0.25) is 9.36 Å². The zero-order valence-electron chi connectivity index (χ0n) is 11.8. The van der Waals surface area contributed by atoms with E-state index in [1.165, 1.54) is 4.57 Å². The average molecular weight is 271 g/mol. The standard InChI is InChI=1S/C15H17N3O2/c1-10-6-4-5-7-13(10)17-14(19)9-18-12(3)8-11(2)16-15(18)20/h4-8H,9H2,1-3H3,(H,17,19). The van der Waals surface area contributed by atoms with Gasteiger partial charge in [-0.25, -0.2) is 4.79 Å². The van der Waals surface area contributed by atoms with E-state index in [2.05, 4.69) is 10.3 Å². The lowest BCUT2D eigenvalue weighted by atomic mass is 10.2. The maximum Gasteiger partial charge on any atom is 0.348 e. The van der Waals surface area contributed by atoms with E-state index < -0.39 is 5.69 Å². The fourth-order valence-electron chi connectivity index (χ4n) is 2.01. The highest BCUT2D eigenvalue weighted by atomic mass is 16.2. The zero-order chi connectivity index (χ0) is 14.7. The van der Waals surface area contributed by atoms with Crippen molar-refractivity contribution in [2.24, 2.45) is 0 Å².